The highest BCUT2D eigenvalue weighted by molar-refractivity contribution is 6.00. The van der Waals surface area contributed by atoms with Crippen LogP contribution in [0.25, 0.3) is 0 Å². The number of nitrogens with one attached hydrogen (secondary N) is 2. The summed E-state index contributed by atoms with van der Waals surface area (Å²) in [5.41, 5.74) is 4.07. The fourth-order valence-electron chi connectivity index (χ4n) is 2.74. The monoisotopic (exact) mass is 372 g/mol. The third-order valence-corrected chi connectivity index (χ3v) is 4.33. The largest absolute Gasteiger partial charge is 0.462 e. The summed E-state index contributed by atoms with van der Waals surface area (Å²) in [5.74, 6) is -1.65. The van der Waals surface area contributed by atoms with Crippen LogP contribution in [0.3, 0.4) is 0 Å². The average molecular weight is 372 g/mol. The van der Waals surface area contributed by atoms with Gasteiger partial charge in [-0.25, -0.2) is 9.59 Å². The van der Waals surface area contributed by atoms with Crippen LogP contribution in [0, 0.1) is 27.7 Å². The summed E-state index contributed by atoms with van der Waals surface area (Å²) >= 11 is 0. The Morgan fingerprint density at radius 2 is 1.70 bits per heavy atom. The second-order valence-corrected chi connectivity index (χ2v) is 6.22. The molecule has 144 valence electrons. The minimum Gasteiger partial charge on any atom is -0.462 e. The topological polar surface area (TPSA) is 97.5 Å². The van der Waals surface area contributed by atoms with Crippen molar-refractivity contribution in [2.24, 2.45) is 0 Å². The molecule has 0 atom stereocenters. The molecule has 0 fully saturated rings. The molecule has 1 aromatic carbocycles. The van der Waals surface area contributed by atoms with Gasteiger partial charge >= 0.3 is 11.9 Å². The molecule has 0 radical (unpaired) electrons. The van der Waals surface area contributed by atoms with E-state index in [9.17, 15) is 14.4 Å². The number of carbonyl (C=O) groups is 3. The van der Waals surface area contributed by atoms with E-state index in [1.807, 2.05) is 26.0 Å². The molecule has 2 aromatic rings. The zero-order valence-corrected chi connectivity index (χ0v) is 16.2. The van der Waals surface area contributed by atoms with Crippen LogP contribution >= 0.6 is 0 Å². The summed E-state index contributed by atoms with van der Waals surface area (Å²) in [4.78, 5) is 39.2. The van der Waals surface area contributed by atoms with Gasteiger partial charge in [-0.3, -0.25) is 4.79 Å². The van der Waals surface area contributed by atoms with Gasteiger partial charge in [-0.1, -0.05) is 12.1 Å². The van der Waals surface area contributed by atoms with Crippen molar-refractivity contribution in [3.8, 4) is 0 Å². The van der Waals surface area contributed by atoms with Gasteiger partial charge in [0.15, 0.2) is 6.61 Å². The second kappa shape index (κ2) is 8.53. The third-order valence-electron chi connectivity index (χ3n) is 4.33. The van der Waals surface area contributed by atoms with E-state index in [4.69, 9.17) is 9.47 Å². The third kappa shape index (κ3) is 4.55. The highest BCUT2D eigenvalue weighted by Crippen LogP contribution is 2.20. The molecule has 0 saturated carbocycles. The van der Waals surface area contributed by atoms with Gasteiger partial charge in [0.1, 0.15) is 5.69 Å². The molecule has 0 saturated heterocycles. The van der Waals surface area contributed by atoms with Crippen molar-refractivity contribution in [1.82, 2.24) is 4.98 Å². The number of aromatic amines is 1. The highest BCUT2D eigenvalue weighted by Gasteiger charge is 2.24. The molecule has 0 aliphatic rings. The van der Waals surface area contributed by atoms with Crippen molar-refractivity contribution in [3.05, 3.63) is 51.8 Å². The summed E-state index contributed by atoms with van der Waals surface area (Å²) in [6.45, 7) is 8.66. The molecule has 1 aromatic heterocycles. The summed E-state index contributed by atoms with van der Waals surface area (Å²) in [7, 11) is 0. The molecule has 27 heavy (non-hydrogen) atoms. The summed E-state index contributed by atoms with van der Waals surface area (Å²) in [6.07, 6.45) is 0. The highest BCUT2D eigenvalue weighted by atomic mass is 16.5. The summed E-state index contributed by atoms with van der Waals surface area (Å²) in [5, 5.41) is 2.72. The lowest BCUT2D eigenvalue weighted by Crippen LogP contribution is -2.22. The van der Waals surface area contributed by atoms with Crippen LogP contribution in [0.5, 0.6) is 0 Å². The maximum absolute atomic E-state index is 12.3. The first-order chi connectivity index (χ1) is 12.8. The molecule has 7 nitrogen and oxygen atoms in total. The number of H-pyrrole nitrogens is 1. The average Bonchev–Trinajstić information content (AvgIpc) is 2.91. The van der Waals surface area contributed by atoms with Crippen LogP contribution in [0.15, 0.2) is 18.2 Å². The van der Waals surface area contributed by atoms with E-state index in [1.165, 1.54) is 0 Å². The molecule has 1 amide bonds. The Morgan fingerprint density at radius 3 is 2.37 bits per heavy atom. The molecule has 0 spiro atoms. The predicted octanol–water partition coefficient (Wildman–Crippen LogP) is 3.22. The van der Waals surface area contributed by atoms with Gasteiger partial charge in [0, 0.05) is 11.4 Å². The van der Waals surface area contributed by atoms with Crippen LogP contribution in [-0.2, 0) is 14.3 Å². The fraction of sp³-hybridized carbons (Fsp3) is 0.350. The summed E-state index contributed by atoms with van der Waals surface area (Å²) < 4.78 is 10.1. The van der Waals surface area contributed by atoms with Crippen LogP contribution in [0.2, 0.25) is 0 Å². The number of hydrogen-bond donors (Lipinski definition) is 2. The minimum absolute atomic E-state index is 0.134. The van der Waals surface area contributed by atoms with Crippen molar-refractivity contribution >= 4 is 23.5 Å². The second-order valence-electron chi connectivity index (χ2n) is 6.22. The van der Waals surface area contributed by atoms with Gasteiger partial charge in [0.25, 0.3) is 5.91 Å². The Bertz CT molecular complexity index is 883. The number of amides is 1. The van der Waals surface area contributed by atoms with Crippen LogP contribution in [-0.4, -0.2) is 36.0 Å². The molecule has 0 aliphatic heterocycles. The number of aromatic nitrogens is 1. The number of hydrogen-bond acceptors (Lipinski definition) is 5. The lowest BCUT2D eigenvalue weighted by Gasteiger charge is -2.10. The van der Waals surface area contributed by atoms with E-state index in [0.717, 1.165) is 11.1 Å². The smallest absolute Gasteiger partial charge is 0.355 e. The number of carbonyl (C=O) groups excluding carboxylic acids is 3. The van der Waals surface area contributed by atoms with Gasteiger partial charge in [-0.15, -0.1) is 0 Å². The molecule has 1 heterocycles. The first-order valence-electron chi connectivity index (χ1n) is 8.65. The maximum atomic E-state index is 12.3. The number of esters is 2. The predicted molar refractivity (Wildman–Crippen MR) is 101 cm³/mol. The Balaban J connectivity index is 2.03. The van der Waals surface area contributed by atoms with Crippen molar-refractivity contribution in [1.29, 1.82) is 0 Å². The number of anilines is 1. The SMILES string of the molecule is CCOC(=O)c1c(C)[nH]c(C(=O)OCC(=O)Nc2cccc(C)c2C)c1C. The zero-order valence-electron chi connectivity index (χ0n) is 16.2. The van der Waals surface area contributed by atoms with Gasteiger partial charge in [0.2, 0.25) is 0 Å². The van der Waals surface area contributed by atoms with Gasteiger partial charge in [-0.05, 0) is 57.4 Å². The Morgan fingerprint density at radius 1 is 1.00 bits per heavy atom. The first kappa shape index (κ1) is 20.2. The van der Waals surface area contributed by atoms with E-state index in [2.05, 4.69) is 10.3 Å². The Hall–Kier alpha value is -3.09. The number of ether oxygens (including phenoxy) is 2. The number of rotatable bonds is 6. The van der Waals surface area contributed by atoms with Crippen molar-refractivity contribution in [2.45, 2.75) is 34.6 Å². The van der Waals surface area contributed by atoms with E-state index < -0.39 is 24.5 Å². The van der Waals surface area contributed by atoms with E-state index in [-0.39, 0.29) is 12.3 Å². The van der Waals surface area contributed by atoms with Crippen LogP contribution in [0.4, 0.5) is 5.69 Å². The molecular formula is C20H24N2O5. The molecule has 7 heteroatoms. The molecule has 0 aliphatic carbocycles. The van der Waals surface area contributed by atoms with Crippen molar-refractivity contribution < 1.29 is 23.9 Å². The number of benzene rings is 1. The lowest BCUT2D eigenvalue weighted by atomic mass is 10.1. The lowest BCUT2D eigenvalue weighted by molar-refractivity contribution is -0.119. The molecule has 2 rings (SSSR count). The van der Waals surface area contributed by atoms with Gasteiger partial charge in [-0.2, -0.15) is 0 Å². The molecule has 0 unspecified atom stereocenters. The van der Waals surface area contributed by atoms with Crippen LogP contribution in [0.1, 0.15) is 50.2 Å². The Kier molecular flexibility index (Phi) is 6.39. The van der Waals surface area contributed by atoms with E-state index in [1.54, 1.807) is 26.8 Å². The van der Waals surface area contributed by atoms with Crippen molar-refractivity contribution in [2.75, 3.05) is 18.5 Å². The maximum Gasteiger partial charge on any atom is 0.355 e. The normalized spacial score (nSPS) is 10.4. The van der Waals surface area contributed by atoms with Gasteiger partial charge < -0.3 is 19.8 Å². The Labute approximate surface area is 158 Å². The van der Waals surface area contributed by atoms with Gasteiger partial charge in [0.05, 0.1) is 12.2 Å². The van der Waals surface area contributed by atoms with E-state index >= 15 is 0 Å². The quantitative estimate of drug-likeness (QED) is 0.759. The fourth-order valence-corrected chi connectivity index (χ4v) is 2.74. The van der Waals surface area contributed by atoms with E-state index in [0.29, 0.717) is 22.5 Å². The standard InChI is InChI=1S/C20H24N2O5/c1-6-26-19(24)17-13(4)18(21-14(17)5)20(25)27-10-16(23)22-15-9-7-8-11(2)12(15)3/h7-9,21H,6,10H2,1-5H3,(H,22,23). The zero-order chi connectivity index (χ0) is 20.1. The molecular weight excluding hydrogens is 348 g/mol. The first-order valence-corrected chi connectivity index (χ1v) is 8.65. The van der Waals surface area contributed by atoms with Crippen LogP contribution < -0.4 is 5.32 Å². The molecule has 2 N–H and O–H groups in total. The van der Waals surface area contributed by atoms with Crippen molar-refractivity contribution in [3.63, 3.8) is 0 Å². The number of aryl methyl sites for hydroxylation is 2. The summed E-state index contributed by atoms with van der Waals surface area (Å²) in [6, 6.07) is 5.57. The molecule has 0 bridgehead atoms. The minimum atomic E-state index is -0.706.